The van der Waals surface area contributed by atoms with E-state index < -0.39 is 0 Å². The minimum atomic E-state index is 0.00606. The molecule has 2 N–H and O–H groups in total. The first kappa shape index (κ1) is 13.8. The summed E-state index contributed by atoms with van der Waals surface area (Å²) in [5.41, 5.74) is 5.39. The van der Waals surface area contributed by atoms with E-state index >= 15 is 0 Å². The van der Waals surface area contributed by atoms with E-state index in [-0.39, 0.29) is 15.9 Å². The predicted molar refractivity (Wildman–Crippen MR) is 63.5 cm³/mol. The molecule has 4 heteroatoms. The SMILES string of the molecule is CC(SC(C)(C)C)C(=O)N(C)CCN. The van der Waals surface area contributed by atoms with Crippen LogP contribution in [0.25, 0.3) is 0 Å². The van der Waals surface area contributed by atoms with Crippen LogP contribution in [0.15, 0.2) is 0 Å². The second-order valence-corrected chi connectivity index (χ2v) is 6.59. The Balaban J connectivity index is 4.12. The van der Waals surface area contributed by atoms with Gasteiger partial charge in [0.05, 0.1) is 5.25 Å². The van der Waals surface area contributed by atoms with Gasteiger partial charge in [-0.1, -0.05) is 20.8 Å². The van der Waals surface area contributed by atoms with Crippen LogP contribution in [0.3, 0.4) is 0 Å². The van der Waals surface area contributed by atoms with Gasteiger partial charge < -0.3 is 10.6 Å². The molecule has 0 spiro atoms. The number of hydrogen-bond acceptors (Lipinski definition) is 3. The number of thioether (sulfide) groups is 1. The molecule has 0 aromatic rings. The third kappa shape index (κ3) is 5.50. The van der Waals surface area contributed by atoms with Crippen LogP contribution >= 0.6 is 11.8 Å². The lowest BCUT2D eigenvalue weighted by Gasteiger charge is -2.26. The number of carbonyl (C=O) groups excluding carboxylic acids is 1. The monoisotopic (exact) mass is 218 g/mol. The summed E-state index contributed by atoms with van der Waals surface area (Å²) < 4.78 is 0.124. The number of carbonyl (C=O) groups is 1. The van der Waals surface area contributed by atoms with Crippen molar-refractivity contribution in [3.63, 3.8) is 0 Å². The molecule has 0 saturated heterocycles. The first-order valence-electron chi connectivity index (χ1n) is 4.91. The van der Waals surface area contributed by atoms with Crippen LogP contribution in [-0.2, 0) is 4.79 Å². The molecule has 0 heterocycles. The summed E-state index contributed by atoms with van der Waals surface area (Å²) in [6.45, 7) is 9.45. The summed E-state index contributed by atoms with van der Waals surface area (Å²) in [5, 5.41) is 0.00606. The molecule has 3 nitrogen and oxygen atoms in total. The van der Waals surface area contributed by atoms with Crippen molar-refractivity contribution in [3.8, 4) is 0 Å². The van der Waals surface area contributed by atoms with Crippen molar-refractivity contribution in [1.29, 1.82) is 0 Å². The zero-order valence-corrected chi connectivity index (χ0v) is 10.6. The summed E-state index contributed by atoms with van der Waals surface area (Å²) in [6.07, 6.45) is 0. The quantitative estimate of drug-likeness (QED) is 0.774. The van der Waals surface area contributed by atoms with Crippen molar-refractivity contribution in [2.75, 3.05) is 20.1 Å². The van der Waals surface area contributed by atoms with E-state index in [0.29, 0.717) is 13.1 Å². The number of rotatable bonds is 4. The van der Waals surface area contributed by atoms with Gasteiger partial charge in [0.2, 0.25) is 5.91 Å². The van der Waals surface area contributed by atoms with Crippen LogP contribution in [0, 0.1) is 0 Å². The molecular weight excluding hydrogens is 196 g/mol. The molecule has 0 aliphatic carbocycles. The van der Waals surface area contributed by atoms with Gasteiger partial charge in [0.25, 0.3) is 0 Å². The van der Waals surface area contributed by atoms with Gasteiger partial charge in [-0.25, -0.2) is 0 Å². The van der Waals surface area contributed by atoms with E-state index in [1.165, 1.54) is 0 Å². The summed E-state index contributed by atoms with van der Waals surface area (Å²) in [6, 6.07) is 0. The zero-order valence-electron chi connectivity index (χ0n) is 9.83. The van der Waals surface area contributed by atoms with Gasteiger partial charge in [-0.2, -0.15) is 0 Å². The Morgan fingerprint density at radius 3 is 2.36 bits per heavy atom. The normalized spacial score (nSPS) is 13.9. The summed E-state index contributed by atoms with van der Waals surface area (Å²) in [7, 11) is 1.80. The standard InChI is InChI=1S/C10H22N2OS/c1-8(14-10(2,3)4)9(13)12(5)7-6-11/h8H,6-7,11H2,1-5H3. The molecule has 0 aliphatic rings. The Labute approximate surface area is 91.4 Å². The van der Waals surface area contributed by atoms with Crippen LogP contribution < -0.4 is 5.73 Å². The zero-order chi connectivity index (χ0) is 11.4. The molecule has 0 fully saturated rings. The average Bonchev–Trinajstić information content (AvgIpc) is 2.00. The lowest BCUT2D eigenvalue weighted by Crippen LogP contribution is -2.37. The lowest BCUT2D eigenvalue weighted by molar-refractivity contribution is -0.128. The van der Waals surface area contributed by atoms with E-state index in [0.717, 1.165) is 0 Å². The van der Waals surface area contributed by atoms with Crippen molar-refractivity contribution in [1.82, 2.24) is 4.90 Å². The lowest BCUT2D eigenvalue weighted by atomic mass is 10.3. The van der Waals surface area contributed by atoms with E-state index in [9.17, 15) is 4.79 Å². The van der Waals surface area contributed by atoms with Crippen molar-refractivity contribution >= 4 is 17.7 Å². The Morgan fingerprint density at radius 1 is 1.50 bits per heavy atom. The molecule has 0 rings (SSSR count). The van der Waals surface area contributed by atoms with E-state index in [1.54, 1.807) is 23.7 Å². The highest BCUT2D eigenvalue weighted by atomic mass is 32.2. The van der Waals surface area contributed by atoms with Crippen LogP contribution in [0.4, 0.5) is 0 Å². The highest BCUT2D eigenvalue weighted by Gasteiger charge is 2.23. The van der Waals surface area contributed by atoms with Gasteiger partial charge in [-0.05, 0) is 6.92 Å². The van der Waals surface area contributed by atoms with Crippen LogP contribution in [0.2, 0.25) is 0 Å². The first-order chi connectivity index (χ1) is 6.28. The maximum Gasteiger partial charge on any atom is 0.235 e. The molecule has 0 bridgehead atoms. The maximum absolute atomic E-state index is 11.8. The van der Waals surface area contributed by atoms with Crippen molar-refractivity contribution < 1.29 is 4.79 Å². The molecule has 84 valence electrons. The van der Waals surface area contributed by atoms with Crippen LogP contribution in [-0.4, -0.2) is 40.9 Å². The topological polar surface area (TPSA) is 46.3 Å². The molecule has 0 aliphatic heterocycles. The van der Waals surface area contributed by atoms with E-state index in [2.05, 4.69) is 20.8 Å². The Hall–Kier alpha value is -0.220. The number of likely N-dealkylation sites (N-methyl/N-ethyl adjacent to an activating group) is 1. The first-order valence-corrected chi connectivity index (χ1v) is 5.78. The van der Waals surface area contributed by atoms with E-state index in [4.69, 9.17) is 5.73 Å². The minimum absolute atomic E-state index is 0.00606. The van der Waals surface area contributed by atoms with Crippen LogP contribution in [0.1, 0.15) is 27.7 Å². The summed E-state index contributed by atoms with van der Waals surface area (Å²) in [5.74, 6) is 0.162. The van der Waals surface area contributed by atoms with Crippen LogP contribution in [0.5, 0.6) is 0 Å². The molecule has 1 unspecified atom stereocenters. The van der Waals surface area contributed by atoms with E-state index in [1.807, 2.05) is 6.92 Å². The summed E-state index contributed by atoms with van der Waals surface area (Å²) >= 11 is 1.69. The van der Waals surface area contributed by atoms with Gasteiger partial charge in [-0.3, -0.25) is 4.79 Å². The highest BCUT2D eigenvalue weighted by molar-refractivity contribution is 8.01. The molecule has 0 aromatic carbocycles. The fourth-order valence-electron chi connectivity index (χ4n) is 1.19. The van der Waals surface area contributed by atoms with Gasteiger partial charge in [0, 0.05) is 24.9 Å². The maximum atomic E-state index is 11.8. The second kappa shape index (κ2) is 5.61. The Bertz CT molecular complexity index is 189. The van der Waals surface area contributed by atoms with Crippen molar-refractivity contribution in [3.05, 3.63) is 0 Å². The molecule has 0 saturated carbocycles. The molecule has 14 heavy (non-hydrogen) atoms. The Kier molecular flexibility index (Phi) is 5.52. The highest BCUT2D eigenvalue weighted by Crippen LogP contribution is 2.28. The molecule has 1 amide bonds. The summed E-state index contributed by atoms with van der Waals surface area (Å²) in [4.78, 5) is 13.5. The van der Waals surface area contributed by atoms with Crippen molar-refractivity contribution in [2.24, 2.45) is 5.73 Å². The third-order valence-electron chi connectivity index (χ3n) is 1.72. The van der Waals surface area contributed by atoms with Crippen molar-refractivity contribution in [2.45, 2.75) is 37.7 Å². The van der Waals surface area contributed by atoms with Gasteiger partial charge in [0.15, 0.2) is 0 Å². The van der Waals surface area contributed by atoms with Gasteiger partial charge in [0.1, 0.15) is 0 Å². The molecular formula is C10H22N2OS. The largest absolute Gasteiger partial charge is 0.344 e. The smallest absolute Gasteiger partial charge is 0.235 e. The second-order valence-electron chi connectivity index (χ2n) is 4.42. The number of nitrogens with zero attached hydrogens (tertiary/aromatic N) is 1. The average molecular weight is 218 g/mol. The van der Waals surface area contributed by atoms with Gasteiger partial charge in [-0.15, -0.1) is 11.8 Å². The molecule has 0 aromatic heterocycles. The minimum Gasteiger partial charge on any atom is -0.344 e. The number of nitrogens with two attached hydrogens (primary N) is 1. The fourth-order valence-corrected chi connectivity index (χ4v) is 2.54. The van der Waals surface area contributed by atoms with Gasteiger partial charge >= 0.3 is 0 Å². The Morgan fingerprint density at radius 2 is 2.00 bits per heavy atom. The predicted octanol–water partition coefficient (Wildman–Crippen LogP) is 1.32. The number of hydrogen-bond donors (Lipinski definition) is 1. The molecule has 1 atom stereocenters. The third-order valence-corrected chi connectivity index (χ3v) is 2.98. The number of amides is 1. The molecule has 0 radical (unpaired) electrons. The fraction of sp³-hybridized carbons (Fsp3) is 0.900.